The van der Waals surface area contributed by atoms with Crippen LogP contribution >= 0.6 is 0 Å². The lowest BCUT2D eigenvalue weighted by atomic mass is 10.5. The minimum absolute atomic E-state index is 0.0790. The predicted octanol–water partition coefficient (Wildman–Crippen LogP) is -0.393. The van der Waals surface area contributed by atoms with Crippen molar-refractivity contribution in [3.8, 4) is 0 Å². The van der Waals surface area contributed by atoms with Gasteiger partial charge in [-0.25, -0.2) is 9.97 Å². The van der Waals surface area contributed by atoms with Crippen LogP contribution in [-0.4, -0.2) is 29.0 Å². The molecule has 1 aromatic heterocycles. The zero-order valence-electron chi connectivity index (χ0n) is 7.95. The maximum absolute atomic E-state index is 11.1. The van der Waals surface area contributed by atoms with E-state index in [0.29, 0.717) is 18.2 Å². The zero-order valence-corrected chi connectivity index (χ0v) is 7.95. The molecule has 0 saturated heterocycles. The molecule has 0 saturated carbocycles. The van der Waals surface area contributed by atoms with Crippen molar-refractivity contribution in [1.82, 2.24) is 15.3 Å². The first-order valence-corrected chi connectivity index (χ1v) is 4.30. The molecule has 6 heteroatoms. The third-order valence-corrected chi connectivity index (χ3v) is 1.49. The van der Waals surface area contributed by atoms with Gasteiger partial charge in [-0.2, -0.15) is 0 Å². The molecule has 0 aliphatic heterocycles. The van der Waals surface area contributed by atoms with Crippen LogP contribution in [0, 0.1) is 0 Å². The molecule has 0 radical (unpaired) electrons. The van der Waals surface area contributed by atoms with E-state index in [1.807, 2.05) is 6.92 Å². The Bertz CT molecular complexity index is 314. The van der Waals surface area contributed by atoms with Crippen LogP contribution in [0.1, 0.15) is 6.92 Å². The van der Waals surface area contributed by atoms with E-state index in [1.54, 1.807) is 6.07 Å². The van der Waals surface area contributed by atoms with Gasteiger partial charge in [0.1, 0.15) is 18.0 Å². The Labute approximate surface area is 81.9 Å². The fourth-order valence-electron chi connectivity index (χ4n) is 0.900. The van der Waals surface area contributed by atoms with E-state index in [0.717, 1.165) is 0 Å². The Hall–Kier alpha value is -1.85. The van der Waals surface area contributed by atoms with Crippen LogP contribution in [0.3, 0.4) is 0 Å². The van der Waals surface area contributed by atoms with E-state index < -0.39 is 0 Å². The van der Waals surface area contributed by atoms with Crippen molar-refractivity contribution in [1.29, 1.82) is 0 Å². The summed E-state index contributed by atoms with van der Waals surface area (Å²) in [4.78, 5) is 18.7. The molecule has 6 nitrogen and oxygen atoms in total. The first-order chi connectivity index (χ1) is 6.72. The van der Waals surface area contributed by atoms with Gasteiger partial charge in [0.15, 0.2) is 0 Å². The normalized spacial score (nSPS) is 9.50. The molecule has 14 heavy (non-hydrogen) atoms. The standard InChI is InChI=1S/C8H13N5O/c1-2-10-8(14)4-11-7-3-6(9)12-5-13-7/h3,5H,2,4H2,1H3,(H,10,14)(H3,9,11,12,13). The van der Waals surface area contributed by atoms with Crippen LogP contribution in [0.2, 0.25) is 0 Å². The van der Waals surface area contributed by atoms with Gasteiger partial charge in [0.2, 0.25) is 5.91 Å². The summed E-state index contributed by atoms with van der Waals surface area (Å²) < 4.78 is 0. The van der Waals surface area contributed by atoms with Crippen LogP contribution in [0.4, 0.5) is 11.6 Å². The SMILES string of the molecule is CCNC(=O)CNc1cc(N)ncn1. The Balaban J connectivity index is 2.41. The van der Waals surface area contributed by atoms with E-state index in [2.05, 4.69) is 20.6 Å². The van der Waals surface area contributed by atoms with Gasteiger partial charge >= 0.3 is 0 Å². The van der Waals surface area contributed by atoms with Crippen molar-refractivity contribution < 1.29 is 4.79 Å². The van der Waals surface area contributed by atoms with Crippen molar-refractivity contribution in [2.45, 2.75) is 6.92 Å². The second-order valence-electron chi connectivity index (χ2n) is 2.64. The number of amides is 1. The van der Waals surface area contributed by atoms with Gasteiger partial charge in [-0.15, -0.1) is 0 Å². The summed E-state index contributed by atoms with van der Waals surface area (Å²) in [7, 11) is 0. The largest absolute Gasteiger partial charge is 0.384 e. The molecule has 76 valence electrons. The first kappa shape index (κ1) is 10.2. The number of likely N-dealkylation sites (N-methyl/N-ethyl adjacent to an activating group) is 1. The number of aromatic nitrogens is 2. The Kier molecular flexibility index (Phi) is 3.66. The number of nitrogen functional groups attached to an aromatic ring is 1. The van der Waals surface area contributed by atoms with Crippen molar-refractivity contribution in [3.63, 3.8) is 0 Å². The van der Waals surface area contributed by atoms with Gasteiger partial charge < -0.3 is 16.4 Å². The third-order valence-electron chi connectivity index (χ3n) is 1.49. The molecule has 0 bridgehead atoms. The smallest absolute Gasteiger partial charge is 0.239 e. The lowest BCUT2D eigenvalue weighted by molar-refractivity contribution is -0.119. The number of rotatable bonds is 4. The number of nitrogens with one attached hydrogen (secondary N) is 2. The monoisotopic (exact) mass is 195 g/mol. The van der Waals surface area contributed by atoms with Gasteiger partial charge in [0.05, 0.1) is 6.54 Å². The highest BCUT2D eigenvalue weighted by atomic mass is 16.1. The van der Waals surface area contributed by atoms with E-state index >= 15 is 0 Å². The maximum atomic E-state index is 11.1. The number of carbonyl (C=O) groups excluding carboxylic acids is 1. The van der Waals surface area contributed by atoms with Crippen molar-refractivity contribution >= 4 is 17.5 Å². The highest BCUT2D eigenvalue weighted by molar-refractivity contribution is 5.80. The van der Waals surface area contributed by atoms with Crippen LogP contribution in [-0.2, 0) is 4.79 Å². The average Bonchev–Trinajstić information content (AvgIpc) is 2.15. The summed E-state index contributed by atoms with van der Waals surface area (Å²) in [6.07, 6.45) is 1.34. The molecular formula is C8H13N5O. The number of hydrogen-bond donors (Lipinski definition) is 3. The molecule has 0 unspecified atom stereocenters. The predicted molar refractivity (Wildman–Crippen MR) is 53.6 cm³/mol. The van der Waals surface area contributed by atoms with Crippen molar-refractivity contribution in [3.05, 3.63) is 12.4 Å². The summed E-state index contributed by atoms with van der Waals surface area (Å²) in [5, 5.41) is 5.48. The molecule has 0 aliphatic rings. The van der Waals surface area contributed by atoms with Gasteiger partial charge in [-0.05, 0) is 6.92 Å². The average molecular weight is 195 g/mol. The van der Waals surface area contributed by atoms with Crippen LogP contribution < -0.4 is 16.4 Å². The topological polar surface area (TPSA) is 92.9 Å². The molecule has 1 amide bonds. The molecule has 4 N–H and O–H groups in total. The molecule has 0 aromatic carbocycles. The summed E-state index contributed by atoms with van der Waals surface area (Å²) in [6.45, 7) is 2.66. The fraction of sp³-hybridized carbons (Fsp3) is 0.375. The highest BCUT2D eigenvalue weighted by Gasteiger charge is 1.99. The molecule has 1 heterocycles. The van der Waals surface area contributed by atoms with E-state index in [9.17, 15) is 4.79 Å². The van der Waals surface area contributed by atoms with Crippen LogP contribution in [0.25, 0.3) is 0 Å². The van der Waals surface area contributed by atoms with E-state index in [4.69, 9.17) is 5.73 Å². The summed E-state index contributed by atoms with van der Waals surface area (Å²) in [5.41, 5.74) is 5.43. The number of hydrogen-bond acceptors (Lipinski definition) is 5. The Morgan fingerprint density at radius 1 is 1.57 bits per heavy atom. The fourth-order valence-corrected chi connectivity index (χ4v) is 0.900. The van der Waals surface area contributed by atoms with E-state index in [-0.39, 0.29) is 12.5 Å². The summed E-state index contributed by atoms with van der Waals surface area (Å²) in [6, 6.07) is 1.57. The summed E-state index contributed by atoms with van der Waals surface area (Å²) in [5.74, 6) is 0.840. The van der Waals surface area contributed by atoms with Gasteiger partial charge in [0.25, 0.3) is 0 Å². The van der Waals surface area contributed by atoms with E-state index in [1.165, 1.54) is 6.33 Å². The zero-order chi connectivity index (χ0) is 10.4. The molecule has 0 atom stereocenters. The lowest BCUT2D eigenvalue weighted by Crippen LogP contribution is -2.29. The number of nitrogens with two attached hydrogens (primary N) is 1. The highest BCUT2D eigenvalue weighted by Crippen LogP contribution is 2.03. The minimum atomic E-state index is -0.0790. The second kappa shape index (κ2) is 5.00. The molecular weight excluding hydrogens is 182 g/mol. The number of carbonyl (C=O) groups is 1. The first-order valence-electron chi connectivity index (χ1n) is 4.30. The molecule has 0 fully saturated rings. The lowest BCUT2D eigenvalue weighted by Gasteiger charge is -2.05. The van der Waals surface area contributed by atoms with Gasteiger partial charge in [-0.1, -0.05) is 0 Å². The quantitative estimate of drug-likeness (QED) is 0.608. The van der Waals surface area contributed by atoms with Gasteiger partial charge in [0, 0.05) is 12.6 Å². The maximum Gasteiger partial charge on any atom is 0.239 e. The van der Waals surface area contributed by atoms with Gasteiger partial charge in [-0.3, -0.25) is 4.79 Å². The van der Waals surface area contributed by atoms with Crippen molar-refractivity contribution in [2.75, 3.05) is 24.1 Å². The third kappa shape index (κ3) is 3.26. The minimum Gasteiger partial charge on any atom is -0.384 e. The number of anilines is 2. The Morgan fingerprint density at radius 2 is 2.36 bits per heavy atom. The molecule has 1 rings (SSSR count). The summed E-state index contributed by atoms with van der Waals surface area (Å²) >= 11 is 0. The molecule has 1 aromatic rings. The van der Waals surface area contributed by atoms with Crippen LogP contribution in [0.15, 0.2) is 12.4 Å². The number of nitrogens with zero attached hydrogens (tertiary/aromatic N) is 2. The molecule has 0 aliphatic carbocycles. The Morgan fingerprint density at radius 3 is 3.00 bits per heavy atom. The molecule has 0 spiro atoms. The second-order valence-corrected chi connectivity index (χ2v) is 2.64. The van der Waals surface area contributed by atoms with Crippen LogP contribution in [0.5, 0.6) is 0 Å². The van der Waals surface area contributed by atoms with Crippen molar-refractivity contribution in [2.24, 2.45) is 0 Å².